The third-order valence-electron chi connectivity index (χ3n) is 4.57. The molecule has 4 rings (SSSR count). The van der Waals surface area contributed by atoms with Gasteiger partial charge in [-0.3, -0.25) is 4.79 Å². The molecule has 6 heteroatoms. The van der Waals surface area contributed by atoms with E-state index in [1.165, 1.54) is 0 Å². The van der Waals surface area contributed by atoms with Gasteiger partial charge in [0.2, 0.25) is 5.89 Å². The zero-order chi connectivity index (χ0) is 19.5. The molecule has 0 unspecified atom stereocenters. The molecule has 28 heavy (non-hydrogen) atoms. The van der Waals surface area contributed by atoms with Crippen molar-refractivity contribution in [2.45, 2.75) is 20.4 Å². The quantitative estimate of drug-likeness (QED) is 0.555. The Bertz CT molecular complexity index is 1090. The SMILES string of the molecule is Cc1noc(C)c1CNC(=O)c1ccccc1-c1ncc(-c2ccccc2)o1. The number of rotatable bonds is 5. The van der Waals surface area contributed by atoms with Crippen LogP contribution >= 0.6 is 0 Å². The van der Waals surface area contributed by atoms with Crippen LogP contribution in [0.1, 0.15) is 27.4 Å². The average Bonchev–Trinajstić information content (AvgIpc) is 3.34. The Hall–Kier alpha value is -3.67. The molecular formula is C22H19N3O3. The Morgan fingerprint density at radius 2 is 1.79 bits per heavy atom. The first kappa shape index (κ1) is 17.7. The Labute approximate surface area is 162 Å². The zero-order valence-electron chi connectivity index (χ0n) is 15.6. The number of nitrogens with zero attached hydrogens (tertiary/aromatic N) is 2. The summed E-state index contributed by atoms with van der Waals surface area (Å²) in [4.78, 5) is 17.2. The summed E-state index contributed by atoms with van der Waals surface area (Å²) in [6.45, 7) is 4.02. The summed E-state index contributed by atoms with van der Waals surface area (Å²) in [5.74, 6) is 1.55. The number of hydrogen-bond donors (Lipinski definition) is 1. The fourth-order valence-electron chi connectivity index (χ4n) is 3.02. The molecule has 2 aromatic heterocycles. The van der Waals surface area contributed by atoms with Crippen LogP contribution in [0.15, 0.2) is 69.7 Å². The maximum absolute atomic E-state index is 12.8. The van der Waals surface area contributed by atoms with Crippen molar-refractivity contribution in [2.24, 2.45) is 0 Å². The highest BCUT2D eigenvalue weighted by Crippen LogP contribution is 2.28. The van der Waals surface area contributed by atoms with Crippen molar-refractivity contribution in [3.05, 3.63) is 83.4 Å². The Morgan fingerprint density at radius 1 is 1.04 bits per heavy atom. The number of carbonyl (C=O) groups excluding carboxylic acids is 1. The van der Waals surface area contributed by atoms with Crippen molar-refractivity contribution in [2.75, 3.05) is 0 Å². The molecule has 0 bridgehead atoms. The van der Waals surface area contributed by atoms with E-state index in [1.807, 2.05) is 62.4 Å². The van der Waals surface area contributed by atoms with Gasteiger partial charge >= 0.3 is 0 Å². The van der Waals surface area contributed by atoms with E-state index >= 15 is 0 Å². The predicted octanol–water partition coefficient (Wildman–Crippen LogP) is 4.54. The zero-order valence-corrected chi connectivity index (χ0v) is 15.6. The van der Waals surface area contributed by atoms with Crippen molar-refractivity contribution in [3.63, 3.8) is 0 Å². The van der Waals surface area contributed by atoms with Crippen LogP contribution in [0.25, 0.3) is 22.8 Å². The van der Waals surface area contributed by atoms with Crippen molar-refractivity contribution in [1.82, 2.24) is 15.5 Å². The summed E-state index contributed by atoms with van der Waals surface area (Å²) in [7, 11) is 0. The summed E-state index contributed by atoms with van der Waals surface area (Å²) in [5.41, 5.74) is 3.72. The molecule has 0 radical (unpaired) electrons. The van der Waals surface area contributed by atoms with Gasteiger partial charge in [-0.1, -0.05) is 47.6 Å². The van der Waals surface area contributed by atoms with Gasteiger partial charge in [-0.05, 0) is 26.0 Å². The molecule has 0 aliphatic rings. The number of carbonyl (C=O) groups is 1. The van der Waals surface area contributed by atoms with Gasteiger partial charge < -0.3 is 14.3 Å². The molecule has 0 fully saturated rings. The molecule has 1 amide bonds. The number of nitrogens with one attached hydrogen (secondary N) is 1. The first-order valence-corrected chi connectivity index (χ1v) is 8.94. The molecule has 0 aliphatic heterocycles. The Morgan fingerprint density at radius 3 is 2.54 bits per heavy atom. The van der Waals surface area contributed by atoms with Crippen molar-refractivity contribution < 1.29 is 13.7 Å². The molecule has 4 aromatic rings. The lowest BCUT2D eigenvalue weighted by Crippen LogP contribution is -2.24. The largest absolute Gasteiger partial charge is 0.436 e. The fourth-order valence-corrected chi connectivity index (χ4v) is 3.02. The predicted molar refractivity (Wildman–Crippen MR) is 105 cm³/mol. The van der Waals surface area contributed by atoms with Crippen LogP contribution < -0.4 is 5.32 Å². The fraction of sp³-hybridized carbons (Fsp3) is 0.136. The van der Waals surface area contributed by atoms with Crippen molar-refractivity contribution >= 4 is 5.91 Å². The van der Waals surface area contributed by atoms with Gasteiger partial charge in [-0.25, -0.2) is 4.98 Å². The van der Waals surface area contributed by atoms with Gasteiger partial charge in [-0.2, -0.15) is 0 Å². The second kappa shape index (κ2) is 7.52. The van der Waals surface area contributed by atoms with E-state index in [1.54, 1.807) is 12.3 Å². The van der Waals surface area contributed by atoms with Crippen LogP contribution in [-0.4, -0.2) is 16.0 Å². The van der Waals surface area contributed by atoms with Crippen LogP contribution in [0, 0.1) is 13.8 Å². The summed E-state index contributed by atoms with van der Waals surface area (Å²) < 4.78 is 11.1. The second-order valence-electron chi connectivity index (χ2n) is 6.43. The van der Waals surface area contributed by atoms with Gasteiger partial charge in [0.15, 0.2) is 5.76 Å². The van der Waals surface area contributed by atoms with Crippen molar-refractivity contribution in [3.8, 4) is 22.8 Å². The number of aryl methyl sites for hydroxylation is 2. The van der Waals surface area contributed by atoms with Crippen LogP contribution in [-0.2, 0) is 6.54 Å². The number of aromatic nitrogens is 2. The van der Waals surface area contributed by atoms with E-state index in [0.717, 1.165) is 16.8 Å². The van der Waals surface area contributed by atoms with E-state index in [2.05, 4.69) is 15.5 Å². The Kier molecular flexibility index (Phi) is 4.76. The molecule has 1 N–H and O–H groups in total. The monoisotopic (exact) mass is 373 g/mol. The lowest BCUT2D eigenvalue weighted by Gasteiger charge is -2.08. The Balaban J connectivity index is 1.59. The standard InChI is InChI=1S/C22H19N3O3/c1-14-19(15(2)28-25-14)12-23-21(26)17-10-6-7-11-18(17)22-24-13-20(27-22)16-8-4-3-5-9-16/h3-11,13H,12H2,1-2H3,(H,23,26). The number of oxazole rings is 1. The second-order valence-corrected chi connectivity index (χ2v) is 6.43. The summed E-state index contributed by atoms with van der Waals surface area (Å²) >= 11 is 0. The van der Waals surface area contributed by atoms with Crippen LogP contribution in [0.3, 0.4) is 0 Å². The molecule has 0 saturated carbocycles. The molecular weight excluding hydrogens is 354 g/mol. The molecule has 140 valence electrons. The summed E-state index contributed by atoms with van der Waals surface area (Å²) in [5, 5.41) is 6.84. The topological polar surface area (TPSA) is 81.2 Å². The van der Waals surface area contributed by atoms with Gasteiger partial charge in [0.1, 0.15) is 5.76 Å². The normalized spacial score (nSPS) is 10.8. The van der Waals surface area contributed by atoms with Gasteiger partial charge in [0.05, 0.1) is 17.5 Å². The third kappa shape index (κ3) is 3.44. The number of amides is 1. The molecule has 0 aliphatic carbocycles. The summed E-state index contributed by atoms with van der Waals surface area (Å²) in [6, 6.07) is 17.0. The van der Waals surface area contributed by atoms with Crippen LogP contribution in [0.2, 0.25) is 0 Å². The first-order chi connectivity index (χ1) is 13.6. The minimum atomic E-state index is -0.213. The van der Waals surface area contributed by atoms with Crippen molar-refractivity contribution in [1.29, 1.82) is 0 Å². The number of hydrogen-bond acceptors (Lipinski definition) is 5. The molecule has 0 saturated heterocycles. The van der Waals surface area contributed by atoms with Crippen LogP contribution in [0.5, 0.6) is 0 Å². The molecule has 2 aromatic carbocycles. The van der Waals surface area contributed by atoms with E-state index in [-0.39, 0.29) is 5.91 Å². The first-order valence-electron chi connectivity index (χ1n) is 8.94. The average molecular weight is 373 g/mol. The maximum Gasteiger partial charge on any atom is 0.252 e. The highest BCUT2D eigenvalue weighted by atomic mass is 16.5. The van der Waals surface area contributed by atoms with E-state index in [0.29, 0.717) is 35.1 Å². The van der Waals surface area contributed by atoms with E-state index in [9.17, 15) is 4.79 Å². The van der Waals surface area contributed by atoms with Gasteiger partial charge in [0.25, 0.3) is 5.91 Å². The highest BCUT2D eigenvalue weighted by Gasteiger charge is 2.18. The minimum Gasteiger partial charge on any atom is -0.436 e. The third-order valence-corrected chi connectivity index (χ3v) is 4.57. The molecule has 0 spiro atoms. The summed E-state index contributed by atoms with van der Waals surface area (Å²) in [6.07, 6.45) is 1.67. The molecule has 6 nitrogen and oxygen atoms in total. The lowest BCUT2D eigenvalue weighted by atomic mass is 10.1. The van der Waals surface area contributed by atoms with E-state index < -0.39 is 0 Å². The number of benzene rings is 2. The van der Waals surface area contributed by atoms with Gasteiger partial charge in [0, 0.05) is 23.2 Å². The molecule has 0 atom stereocenters. The highest BCUT2D eigenvalue weighted by molar-refractivity contribution is 6.00. The van der Waals surface area contributed by atoms with Gasteiger partial charge in [-0.15, -0.1) is 0 Å². The smallest absolute Gasteiger partial charge is 0.252 e. The van der Waals surface area contributed by atoms with E-state index in [4.69, 9.17) is 8.94 Å². The minimum absolute atomic E-state index is 0.213. The molecule has 2 heterocycles. The lowest BCUT2D eigenvalue weighted by molar-refractivity contribution is 0.0951. The van der Waals surface area contributed by atoms with Crippen LogP contribution in [0.4, 0.5) is 0 Å². The maximum atomic E-state index is 12.8.